The number of rotatable bonds is 4. The Labute approximate surface area is 133 Å². The first-order chi connectivity index (χ1) is 8.68. The van der Waals surface area contributed by atoms with Crippen molar-refractivity contribution in [3.63, 3.8) is 0 Å². The highest BCUT2D eigenvalue weighted by molar-refractivity contribution is 5.85. The molecule has 2 nitrogen and oxygen atoms in total. The molecule has 1 atom stereocenters. The van der Waals surface area contributed by atoms with Crippen molar-refractivity contribution < 1.29 is 4.39 Å². The summed E-state index contributed by atoms with van der Waals surface area (Å²) in [6, 6.07) is 7.43. The molecule has 1 aliphatic heterocycles. The van der Waals surface area contributed by atoms with Crippen LogP contribution in [0.2, 0.25) is 0 Å². The molecule has 5 heteroatoms. The number of piperazine rings is 1. The van der Waals surface area contributed by atoms with Crippen molar-refractivity contribution in [3.05, 3.63) is 35.6 Å². The van der Waals surface area contributed by atoms with E-state index in [0.29, 0.717) is 5.92 Å². The van der Waals surface area contributed by atoms with Crippen molar-refractivity contribution in [2.45, 2.75) is 26.3 Å². The molecule has 0 spiro atoms. The molecule has 0 bridgehead atoms. The maximum atomic E-state index is 14.0. The normalized spacial score (nSPS) is 17.2. The Morgan fingerprint density at radius 2 is 1.75 bits per heavy atom. The van der Waals surface area contributed by atoms with Crippen molar-refractivity contribution in [2.24, 2.45) is 5.92 Å². The molecule has 0 unspecified atom stereocenters. The van der Waals surface area contributed by atoms with E-state index in [9.17, 15) is 4.39 Å². The first-order valence-electron chi connectivity index (χ1n) is 6.87. The summed E-state index contributed by atoms with van der Waals surface area (Å²) >= 11 is 0. The van der Waals surface area contributed by atoms with Gasteiger partial charge in [0.15, 0.2) is 0 Å². The van der Waals surface area contributed by atoms with E-state index in [1.54, 1.807) is 12.1 Å². The molecule has 0 aliphatic carbocycles. The Morgan fingerprint density at radius 1 is 1.15 bits per heavy atom. The Balaban J connectivity index is 0.00000180. The lowest BCUT2D eigenvalue weighted by Crippen LogP contribution is -2.45. The van der Waals surface area contributed by atoms with E-state index in [4.69, 9.17) is 0 Å². The first-order valence-corrected chi connectivity index (χ1v) is 6.87. The summed E-state index contributed by atoms with van der Waals surface area (Å²) < 4.78 is 14.0. The van der Waals surface area contributed by atoms with Gasteiger partial charge in [0.05, 0.1) is 0 Å². The molecule has 1 heterocycles. The summed E-state index contributed by atoms with van der Waals surface area (Å²) in [7, 11) is 0. The SMILES string of the molecule is CC(C)C[C@@H](c1ccccc1F)N1CCNCC1.Cl.Cl. The fraction of sp³-hybridized carbons (Fsp3) is 0.600. The molecule has 0 radical (unpaired) electrons. The molecule has 1 saturated heterocycles. The molecule has 116 valence electrons. The molecule has 2 rings (SSSR count). The van der Waals surface area contributed by atoms with Gasteiger partial charge in [-0.2, -0.15) is 0 Å². The van der Waals surface area contributed by atoms with Gasteiger partial charge in [0.2, 0.25) is 0 Å². The number of hydrogen-bond donors (Lipinski definition) is 1. The Morgan fingerprint density at radius 3 is 2.30 bits per heavy atom. The van der Waals surface area contributed by atoms with Crippen LogP contribution in [-0.4, -0.2) is 31.1 Å². The minimum Gasteiger partial charge on any atom is -0.314 e. The maximum absolute atomic E-state index is 14.0. The van der Waals surface area contributed by atoms with Gasteiger partial charge in [-0.3, -0.25) is 4.90 Å². The number of hydrogen-bond acceptors (Lipinski definition) is 2. The monoisotopic (exact) mass is 322 g/mol. The molecule has 1 aromatic rings. The molecule has 1 N–H and O–H groups in total. The van der Waals surface area contributed by atoms with Gasteiger partial charge < -0.3 is 5.32 Å². The highest BCUT2D eigenvalue weighted by Gasteiger charge is 2.24. The fourth-order valence-electron chi connectivity index (χ4n) is 2.66. The van der Waals surface area contributed by atoms with Crippen LogP contribution < -0.4 is 5.32 Å². The van der Waals surface area contributed by atoms with Gasteiger partial charge in [0, 0.05) is 37.8 Å². The topological polar surface area (TPSA) is 15.3 Å². The number of nitrogens with one attached hydrogen (secondary N) is 1. The molecule has 1 aromatic carbocycles. The number of halogens is 3. The van der Waals surface area contributed by atoms with Crippen LogP contribution in [0.3, 0.4) is 0 Å². The lowest BCUT2D eigenvalue weighted by atomic mass is 9.94. The minimum absolute atomic E-state index is 0. The zero-order valence-corrected chi connectivity index (χ0v) is 13.8. The Bertz CT molecular complexity index is 382. The summed E-state index contributed by atoms with van der Waals surface area (Å²) in [5, 5.41) is 3.35. The summed E-state index contributed by atoms with van der Waals surface area (Å²) in [5.41, 5.74) is 0.855. The lowest BCUT2D eigenvalue weighted by Gasteiger charge is -2.36. The van der Waals surface area contributed by atoms with E-state index < -0.39 is 0 Å². The van der Waals surface area contributed by atoms with E-state index in [0.717, 1.165) is 38.2 Å². The van der Waals surface area contributed by atoms with Gasteiger partial charge in [-0.1, -0.05) is 32.0 Å². The van der Waals surface area contributed by atoms with E-state index >= 15 is 0 Å². The molecular formula is C15H25Cl2FN2. The van der Waals surface area contributed by atoms with Crippen LogP contribution in [0.15, 0.2) is 24.3 Å². The van der Waals surface area contributed by atoms with Gasteiger partial charge in [-0.05, 0) is 18.4 Å². The zero-order valence-electron chi connectivity index (χ0n) is 12.1. The second kappa shape index (κ2) is 9.56. The lowest BCUT2D eigenvalue weighted by molar-refractivity contribution is 0.151. The summed E-state index contributed by atoms with van der Waals surface area (Å²) in [6.45, 7) is 8.43. The van der Waals surface area contributed by atoms with Gasteiger partial charge >= 0.3 is 0 Å². The van der Waals surface area contributed by atoms with E-state index in [2.05, 4.69) is 24.1 Å². The predicted octanol–water partition coefficient (Wildman–Crippen LogP) is 3.66. The van der Waals surface area contributed by atoms with Gasteiger partial charge in [-0.15, -0.1) is 24.8 Å². The minimum atomic E-state index is -0.0679. The van der Waals surface area contributed by atoms with Crippen LogP contribution in [0.4, 0.5) is 4.39 Å². The van der Waals surface area contributed by atoms with Crippen molar-refractivity contribution in [2.75, 3.05) is 26.2 Å². The molecule has 1 fully saturated rings. The van der Waals surface area contributed by atoms with Crippen molar-refractivity contribution in [1.82, 2.24) is 10.2 Å². The molecule has 0 amide bonds. The Hall–Kier alpha value is -0.350. The third kappa shape index (κ3) is 5.21. The standard InChI is InChI=1S/C15H23FN2.2ClH/c1-12(2)11-15(18-9-7-17-8-10-18)13-5-3-4-6-14(13)16;;/h3-6,12,15,17H,7-11H2,1-2H3;2*1H/t15-;;/m0../s1. The van der Waals surface area contributed by atoms with Gasteiger partial charge in [0.1, 0.15) is 5.82 Å². The Kier molecular flexibility index (Phi) is 9.39. The van der Waals surface area contributed by atoms with Gasteiger partial charge in [0.25, 0.3) is 0 Å². The third-order valence-electron chi connectivity index (χ3n) is 3.55. The third-order valence-corrected chi connectivity index (χ3v) is 3.55. The first kappa shape index (κ1) is 19.7. The van der Waals surface area contributed by atoms with Crippen LogP contribution >= 0.6 is 24.8 Å². The summed E-state index contributed by atoms with van der Waals surface area (Å²) in [4.78, 5) is 2.41. The van der Waals surface area contributed by atoms with Gasteiger partial charge in [-0.25, -0.2) is 4.39 Å². The summed E-state index contributed by atoms with van der Waals surface area (Å²) in [5.74, 6) is 0.506. The van der Waals surface area contributed by atoms with Crippen LogP contribution in [0.25, 0.3) is 0 Å². The van der Waals surface area contributed by atoms with Crippen molar-refractivity contribution in [1.29, 1.82) is 0 Å². The predicted molar refractivity (Wildman–Crippen MR) is 87.5 cm³/mol. The number of benzene rings is 1. The molecule has 0 aromatic heterocycles. The average Bonchev–Trinajstić information content (AvgIpc) is 2.38. The zero-order chi connectivity index (χ0) is 13.0. The summed E-state index contributed by atoms with van der Waals surface area (Å²) in [6.07, 6.45) is 1.01. The van der Waals surface area contributed by atoms with Crippen LogP contribution in [0.1, 0.15) is 31.9 Å². The van der Waals surface area contributed by atoms with E-state index in [1.807, 2.05) is 12.1 Å². The molecule has 20 heavy (non-hydrogen) atoms. The molecular weight excluding hydrogens is 298 g/mol. The number of nitrogens with zero attached hydrogens (tertiary/aromatic N) is 1. The highest BCUT2D eigenvalue weighted by Crippen LogP contribution is 2.29. The van der Waals surface area contributed by atoms with E-state index in [1.165, 1.54) is 0 Å². The largest absolute Gasteiger partial charge is 0.314 e. The second-order valence-electron chi connectivity index (χ2n) is 5.45. The molecule has 1 aliphatic rings. The van der Waals surface area contributed by atoms with Crippen LogP contribution in [0, 0.1) is 11.7 Å². The van der Waals surface area contributed by atoms with Crippen LogP contribution in [-0.2, 0) is 0 Å². The molecule has 0 saturated carbocycles. The van der Waals surface area contributed by atoms with Crippen molar-refractivity contribution in [3.8, 4) is 0 Å². The second-order valence-corrected chi connectivity index (χ2v) is 5.45. The highest BCUT2D eigenvalue weighted by atomic mass is 35.5. The average molecular weight is 323 g/mol. The van der Waals surface area contributed by atoms with Crippen molar-refractivity contribution >= 4 is 24.8 Å². The van der Waals surface area contributed by atoms with Crippen LogP contribution in [0.5, 0.6) is 0 Å². The maximum Gasteiger partial charge on any atom is 0.127 e. The fourth-order valence-corrected chi connectivity index (χ4v) is 2.66. The smallest absolute Gasteiger partial charge is 0.127 e. The van der Waals surface area contributed by atoms with E-state index in [-0.39, 0.29) is 36.7 Å². The quantitative estimate of drug-likeness (QED) is 0.910.